The number of nitrogens with one attached hydrogen (secondary N) is 1. The predicted octanol–water partition coefficient (Wildman–Crippen LogP) is 4.28. The van der Waals surface area contributed by atoms with Gasteiger partial charge in [0.25, 0.3) is 0 Å². The van der Waals surface area contributed by atoms with E-state index in [0.29, 0.717) is 6.54 Å². The van der Waals surface area contributed by atoms with Gasteiger partial charge in [0.1, 0.15) is 5.82 Å². The van der Waals surface area contributed by atoms with Gasteiger partial charge in [0.2, 0.25) is 0 Å². The topological polar surface area (TPSA) is 58.3 Å². The number of urea groups is 1. The van der Waals surface area contributed by atoms with Gasteiger partial charge >= 0.3 is 6.03 Å². The summed E-state index contributed by atoms with van der Waals surface area (Å²) in [5.41, 5.74) is 6.13. The lowest BCUT2D eigenvalue weighted by Crippen LogP contribution is -2.40. The van der Waals surface area contributed by atoms with Gasteiger partial charge in [-0.15, -0.1) is 0 Å². The monoisotopic (exact) mass is 440 g/mol. The Balaban J connectivity index is 1.73. The van der Waals surface area contributed by atoms with Crippen molar-refractivity contribution < 1.29 is 4.79 Å². The number of hydrogen-bond donors (Lipinski definition) is 1. The molecule has 2 amide bonds. The summed E-state index contributed by atoms with van der Waals surface area (Å²) in [6, 6.07) is 22.3. The molecule has 4 aromatic rings. The third kappa shape index (κ3) is 3.46. The van der Waals surface area contributed by atoms with Crippen LogP contribution in [-0.4, -0.2) is 46.4 Å². The minimum absolute atomic E-state index is 0.121. The van der Waals surface area contributed by atoms with E-state index in [0.717, 1.165) is 39.7 Å². The van der Waals surface area contributed by atoms with Crippen LogP contribution in [0.15, 0.2) is 72.9 Å². The molecule has 0 aliphatic carbocycles. The molecule has 1 aliphatic rings. The minimum Gasteiger partial charge on any atom is -0.378 e. The number of benzene rings is 2. The van der Waals surface area contributed by atoms with Crippen LogP contribution in [0.4, 0.5) is 10.5 Å². The molecule has 168 valence electrons. The highest BCUT2D eigenvalue weighted by molar-refractivity contribution is 5.75. The molecule has 1 atom stereocenters. The van der Waals surface area contributed by atoms with Crippen LogP contribution in [0.25, 0.3) is 11.5 Å². The first-order valence-electron chi connectivity index (χ1n) is 11.1. The summed E-state index contributed by atoms with van der Waals surface area (Å²) in [6.07, 6.45) is 2.06. The maximum atomic E-state index is 13.2. The Kier molecular flexibility index (Phi) is 5.17. The van der Waals surface area contributed by atoms with Gasteiger partial charge in [-0.3, -0.25) is 0 Å². The number of amides is 2. The highest BCUT2D eigenvalue weighted by atomic mass is 16.2. The Bertz CT molecular complexity index is 1290. The molecule has 0 fully saturated rings. The highest BCUT2D eigenvalue weighted by Crippen LogP contribution is 2.38. The highest BCUT2D eigenvalue weighted by Gasteiger charge is 2.35. The molecule has 0 unspecified atom stereocenters. The van der Waals surface area contributed by atoms with Crippen LogP contribution < -0.4 is 10.2 Å². The van der Waals surface area contributed by atoms with E-state index < -0.39 is 0 Å². The molecule has 3 heterocycles. The Morgan fingerprint density at radius 1 is 1.03 bits per heavy atom. The van der Waals surface area contributed by atoms with E-state index in [1.165, 1.54) is 0 Å². The molecule has 33 heavy (non-hydrogen) atoms. The fourth-order valence-electron chi connectivity index (χ4n) is 4.60. The van der Waals surface area contributed by atoms with Crippen LogP contribution in [0, 0.1) is 6.92 Å². The van der Waals surface area contributed by atoms with E-state index in [-0.39, 0.29) is 12.1 Å². The van der Waals surface area contributed by atoms with E-state index in [2.05, 4.69) is 63.4 Å². The van der Waals surface area contributed by atoms with Crippen molar-refractivity contribution in [1.29, 1.82) is 0 Å². The molecule has 0 radical (unpaired) electrons. The maximum absolute atomic E-state index is 13.2. The van der Waals surface area contributed by atoms with Gasteiger partial charge in [0.05, 0.1) is 29.7 Å². The number of aryl methyl sites for hydroxylation is 1. The number of nitrogens with zero attached hydrogens (tertiary/aromatic N) is 5. The van der Waals surface area contributed by atoms with Crippen molar-refractivity contribution in [1.82, 2.24) is 24.6 Å². The normalized spacial score (nSPS) is 14.9. The second-order valence-electron chi connectivity index (χ2n) is 8.51. The summed E-state index contributed by atoms with van der Waals surface area (Å²) >= 11 is 0. The van der Waals surface area contributed by atoms with Gasteiger partial charge in [0, 0.05) is 38.6 Å². The molecule has 7 heteroatoms. The van der Waals surface area contributed by atoms with Gasteiger partial charge in [-0.05, 0) is 48.9 Å². The molecular formula is C26H28N6O. The largest absolute Gasteiger partial charge is 0.378 e. The third-order valence-electron chi connectivity index (χ3n) is 6.29. The van der Waals surface area contributed by atoms with Crippen LogP contribution >= 0.6 is 0 Å². The average Bonchev–Trinajstić information content (AvgIpc) is 3.40. The first-order chi connectivity index (χ1) is 16.0. The van der Waals surface area contributed by atoms with Crippen molar-refractivity contribution in [2.75, 3.05) is 26.0 Å². The zero-order valence-corrected chi connectivity index (χ0v) is 19.4. The molecule has 5 rings (SSSR count). The summed E-state index contributed by atoms with van der Waals surface area (Å²) in [5.74, 6) is 0.972. The van der Waals surface area contributed by atoms with Crippen molar-refractivity contribution >= 4 is 11.7 Å². The molecule has 2 aromatic carbocycles. The van der Waals surface area contributed by atoms with Gasteiger partial charge in [0.15, 0.2) is 0 Å². The van der Waals surface area contributed by atoms with Crippen molar-refractivity contribution in [2.24, 2.45) is 0 Å². The van der Waals surface area contributed by atoms with E-state index in [1.54, 1.807) is 7.05 Å². The second-order valence-corrected chi connectivity index (χ2v) is 8.51. The summed E-state index contributed by atoms with van der Waals surface area (Å²) in [6.45, 7) is 2.46. The number of para-hydroxylation sites is 1. The summed E-state index contributed by atoms with van der Waals surface area (Å²) < 4.78 is 4.16. The summed E-state index contributed by atoms with van der Waals surface area (Å²) in [5, 5.41) is 7.71. The van der Waals surface area contributed by atoms with Crippen LogP contribution in [-0.2, 0) is 6.54 Å². The quantitative estimate of drug-likeness (QED) is 0.517. The lowest BCUT2D eigenvalue weighted by molar-refractivity contribution is 0.182. The molecule has 0 saturated heterocycles. The number of rotatable bonds is 3. The molecule has 7 nitrogen and oxygen atoms in total. The van der Waals surface area contributed by atoms with Crippen molar-refractivity contribution in [3.8, 4) is 11.5 Å². The van der Waals surface area contributed by atoms with Crippen molar-refractivity contribution in [3.05, 3.63) is 95.4 Å². The maximum Gasteiger partial charge on any atom is 0.318 e. The fourth-order valence-corrected chi connectivity index (χ4v) is 4.60. The lowest BCUT2D eigenvalue weighted by atomic mass is 10.0. The van der Waals surface area contributed by atoms with Gasteiger partial charge < -0.3 is 19.7 Å². The van der Waals surface area contributed by atoms with Crippen molar-refractivity contribution in [3.63, 3.8) is 0 Å². The number of carbonyl (C=O) groups is 1. The Hall–Kier alpha value is -4.00. The summed E-state index contributed by atoms with van der Waals surface area (Å²) in [4.78, 5) is 17.1. The molecule has 0 spiro atoms. The third-order valence-corrected chi connectivity index (χ3v) is 6.29. The number of anilines is 1. The Labute approximate surface area is 193 Å². The second kappa shape index (κ2) is 8.16. The molecular weight excluding hydrogens is 412 g/mol. The predicted molar refractivity (Wildman–Crippen MR) is 130 cm³/mol. The number of aromatic nitrogens is 3. The zero-order chi connectivity index (χ0) is 23.1. The van der Waals surface area contributed by atoms with Crippen LogP contribution in [0.1, 0.15) is 28.6 Å². The van der Waals surface area contributed by atoms with E-state index in [9.17, 15) is 4.79 Å². The lowest BCUT2D eigenvalue weighted by Gasteiger charge is -2.30. The zero-order valence-electron chi connectivity index (χ0n) is 19.4. The standard InChI is InChI=1S/C26H28N6O/c1-18-22-17-31(26(33)27-2)24(19-12-14-20(15-13-19)29(3)4)23-11-8-16-30(23)25(22)32(28-18)21-9-6-5-7-10-21/h5-16,24H,17H2,1-4H3,(H,27,33)/t24-/m0/s1. The Morgan fingerprint density at radius 3 is 2.42 bits per heavy atom. The first-order valence-corrected chi connectivity index (χ1v) is 11.1. The molecule has 2 aromatic heterocycles. The summed E-state index contributed by atoms with van der Waals surface area (Å²) in [7, 11) is 5.73. The fraction of sp³-hybridized carbons (Fsp3) is 0.231. The van der Waals surface area contributed by atoms with E-state index in [1.807, 2.05) is 54.9 Å². The van der Waals surface area contributed by atoms with Crippen molar-refractivity contribution in [2.45, 2.75) is 19.5 Å². The number of carbonyl (C=O) groups excluding carboxylic acids is 1. The molecule has 1 N–H and O–H groups in total. The number of hydrogen-bond acceptors (Lipinski definition) is 3. The number of fused-ring (bicyclic) bond motifs is 3. The van der Waals surface area contributed by atoms with Gasteiger partial charge in [-0.1, -0.05) is 30.3 Å². The molecule has 0 bridgehead atoms. The smallest absolute Gasteiger partial charge is 0.318 e. The van der Waals surface area contributed by atoms with Gasteiger partial charge in [-0.2, -0.15) is 5.10 Å². The van der Waals surface area contributed by atoms with Crippen LogP contribution in [0.5, 0.6) is 0 Å². The molecule has 1 aliphatic heterocycles. The Morgan fingerprint density at radius 2 is 1.76 bits per heavy atom. The minimum atomic E-state index is -0.243. The van der Waals surface area contributed by atoms with E-state index >= 15 is 0 Å². The van der Waals surface area contributed by atoms with Crippen LogP contribution in [0.3, 0.4) is 0 Å². The molecule has 0 saturated carbocycles. The first kappa shape index (κ1) is 20.9. The van der Waals surface area contributed by atoms with E-state index in [4.69, 9.17) is 5.10 Å². The van der Waals surface area contributed by atoms with Crippen LogP contribution in [0.2, 0.25) is 0 Å². The van der Waals surface area contributed by atoms with Gasteiger partial charge in [-0.25, -0.2) is 9.48 Å². The SMILES string of the molecule is CNC(=O)N1Cc2c(C)nn(-c3ccccc3)c2-n2cccc2[C@@H]1c1ccc(N(C)C)cc1. The average molecular weight is 441 g/mol.